The van der Waals surface area contributed by atoms with Crippen LogP contribution in [0, 0.1) is 5.92 Å². The lowest BCUT2D eigenvalue weighted by atomic mass is 9.84. The molecule has 0 bridgehead atoms. The fraction of sp³-hybridized carbons (Fsp3) is 0.900. The summed E-state index contributed by atoms with van der Waals surface area (Å²) in [6.45, 7) is 0. The van der Waals surface area contributed by atoms with E-state index in [1.54, 1.807) is 0 Å². The van der Waals surface area contributed by atoms with Gasteiger partial charge in [-0.2, -0.15) is 0 Å². The highest BCUT2D eigenvalue weighted by atomic mass is 16.2. The van der Waals surface area contributed by atoms with Crippen LogP contribution in [0.1, 0.15) is 44.9 Å². The molecule has 0 aromatic rings. The van der Waals surface area contributed by atoms with Crippen LogP contribution in [0.5, 0.6) is 0 Å². The standard InChI is InChI=1S/C10H17NO/c12-10-8-6-4-2-1-3-5-7-9(8)11-10/h8-9H,1-7H2,(H,11,12)/t8?,9-/m0/s1. The first-order valence-corrected chi connectivity index (χ1v) is 5.18. The molecule has 2 rings (SSSR count). The van der Waals surface area contributed by atoms with E-state index in [0.29, 0.717) is 17.9 Å². The number of carbonyl (C=O) groups is 1. The zero-order valence-corrected chi connectivity index (χ0v) is 7.51. The maximum atomic E-state index is 11.1. The molecule has 1 amide bonds. The molecule has 1 N–H and O–H groups in total. The predicted molar refractivity (Wildman–Crippen MR) is 47.7 cm³/mol. The van der Waals surface area contributed by atoms with E-state index in [1.807, 2.05) is 0 Å². The van der Waals surface area contributed by atoms with Crippen molar-refractivity contribution >= 4 is 5.91 Å². The van der Waals surface area contributed by atoms with Gasteiger partial charge in [0.1, 0.15) is 0 Å². The molecule has 0 radical (unpaired) electrons. The van der Waals surface area contributed by atoms with Crippen LogP contribution in [-0.2, 0) is 4.79 Å². The summed E-state index contributed by atoms with van der Waals surface area (Å²) in [5.74, 6) is 0.685. The van der Waals surface area contributed by atoms with E-state index in [1.165, 1.54) is 38.5 Å². The largest absolute Gasteiger partial charge is 0.352 e. The number of amides is 1. The van der Waals surface area contributed by atoms with Crippen molar-refractivity contribution < 1.29 is 4.79 Å². The Balaban J connectivity index is 1.89. The van der Waals surface area contributed by atoms with Gasteiger partial charge in [-0.05, 0) is 12.8 Å². The normalized spacial score (nSPS) is 36.5. The Hall–Kier alpha value is -0.530. The topological polar surface area (TPSA) is 29.1 Å². The number of rotatable bonds is 0. The molecule has 0 spiro atoms. The Morgan fingerprint density at radius 3 is 2.42 bits per heavy atom. The summed E-state index contributed by atoms with van der Waals surface area (Å²) in [6.07, 6.45) is 8.98. The second-order valence-electron chi connectivity index (χ2n) is 4.07. The maximum Gasteiger partial charge on any atom is 0.225 e. The molecule has 1 aliphatic heterocycles. The zero-order valence-electron chi connectivity index (χ0n) is 7.51. The van der Waals surface area contributed by atoms with Gasteiger partial charge >= 0.3 is 0 Å². The Kier molecular flexibility index (Phi) is 2.33. The van der Waals surface area contributed by atoms with Crippen molar-refractivity contribution in [3.8, 4) is 0 Å². The molecule has 68 valence electrons. The van der Waals surface area contributed by atoms with Gasteiger partial charge in [0.15, 0.2) is 0 Å². The summed E-state index contributed by atoms with van der Waals surface area (Å²) >= 11 is 0. The number of hydrogen-bond acceptors (Lipinski definition) is 1. The van der Waals surface area contributed by atoms with Crippen LogP contribution in [0.15, 0.2) is 0 Å². The van der Waals surface area contributed by atoms with E-state index in [0.717, 1.165) is 6.42 Å². The minimum atomic E-state index is 0.307. The Morgan fingerprint density at radius 1 is 1.00 bits per heavy atom. The predicted octanol–water partition coefficient (Wildman–Crippen LogP) is 1.85. The minimum absolute atomic E-state index is 0.307. The van der Waals surface area contributed by atoms with E-state index >= 15 is 0 Å². The molecular weight excluding hydrogens is 150 g/mol. The van der Waals surface area contributed by atoms with Gasteiger partial charge in [-0.25, -0.2) is 0 Å². The second-order valence-corrected chi connectivity index (χ2v) is 4.07. The van der Waals surface area contributed by atoms with E-state index in [2.05, 4.69) is 5.32 Å². The third kappa shape index (κ3) is 1.47. The second kappa shape index (κ2) is 3.46. The van der Waals surface area contributed by atoms with E-state index < -0.39 is 0 Å². The molecule has 2 heteroatoms. The number of β-lactam (4-membered cyclic amide) rings is 1. The van der Waals surface area contributed by atoms with Gasteiger partial charge in [-0.3, -0.25) is 4.79 Å². The highest BCUT2D eigenvalue weighted by Gasteiger charge is 2.37. The van der Waals surface area contributed by atoms with Crippen LogP contribution in [0.25, 0.3) is 0 Å². The van der Waals surface area contributed by atoms with Crippen molar-refractivity contribution in [3.63, 3.8) is 0 Å². The quantitative estimate of drug-likeness (QED) is 0.548. The summed E-state index contributed by atoms with van der Waals surface area (Å²) in [6, 6.07) is 0.538. The lowest BCUT2D eigenvalue weighted by Gasteiger charge is -2.36. The Labute approximate surface area is 73.7 Å². The molecule has 1 saturated carbocycles. The van der Waals surface area contributed by atoms with Crippen molar-refractivity contribution in [2.45, 2.75) is 51.0 Å². The molecular formula is C10H17NO. The average molecular weight is 167 g/mol. The minimum Gasteiger partial charge on any atom is -0.352 e. The smallest absolute Gasteiger partial charge is 0.225 e. The van der Waals surface area contributed by atoms with Crippen molar-refractivity contribution in [3.05, 3.63) is 0 Å². The number of fused-ring (bicyclic) bond motifs is 1. The fourth-order valence-corrected chi connectivity index (χ4v) is 2.34. The molecule has 1 aliphatic carbocycles. The summed E-state index contributed by atoms with van der Waals surface area (Å²) in [5.41, 5.74) is 0. The van der Waals surface area contributed by atoms with Gasteiger partial charge in [0.25, 0.3) is 0 Å². The number of nitrogens with one attached hydrogen (secondary N) is 1. The molecule has 1 unspecified atom stereocenters. The lowest BCUT2D eigenvalue weighted by Crippen LogP contribution is -2.57. The van der Waals surface area contributed by atoms with Crippen LogP contribution < -0.4 is 5.32 Å². The van der Waals surface area contributed by atoms with Crippen LogP contribution >= 0.6 is 0 Å². The molecule has 2 fully saturated rings. The summed E-state index contributed by atoms with van der Waals surface area (Å²) < 4.78 is 0. The lowest BCUT2D eigenvalue weighted by molar-refractivity contribution is -0.135. The number of hydrogen-bond donors (Lipinski definition) is 1. The molecule has 2 nitrogen and oxygen atoms in total. The first-order valence-electron chi connectivity index (χ1n) is 5.18. The molecule has 12 heavy (non-hydrogen) atoms. The molecule has 2 aliphatic rings. The third-order valence-electron chi connectivity index (χ3n) is 3.18. The fourth-order valence-electron chi connectivity index (χ4n) is 2.34. The monoisotopic (exact) mass is 167 g/mol. The number of carbonyl (C=O) groups excluding carboxylic acids is 1. The van der Waals surface area contributed by atoms with Crippen LogP contribution in [-0.4, -0.2) is 11.9 Å². The van der Waals surface area contributed by atoms with Gasteiger partial charge in [-0.1, -0.05) is 32.1 Å². The summed E-state index contributed by atoms with van der Waals surface area (Å²) in [4.78, 5) is 11.1. The van der Waals surface area contributed by atoms with Gasteiger partial charge in [0, 0.05) is 6.04 Å². The van der Waals surface area contributed by atoms with Gasteiger partial charge in [0.2, 0.25) is 5.91 Å². The third-order valence-corrected chi connectivity index (χ3v) is 3.18. The van der Waals surface area contributed by atoms with E-state index in [-0.39, 0.29) is 0 Å². The highest BCUT2D eigenvalue weighted by molar-refractivity contribution is 5.85. The van der Waals surface area contributed by atoms with Crippen molar-refractivity contribution in [1.29, 1.82) is 0 Å². The van der Waals surface area contributed by atoms with Crippen LogP contribution in [0.3, 0.4) is 0 Å². The maximum absolute atomic E-state index is 11.1. The first kappa shape index (κ1) is 8.09. The highest BCUT2D eigenvalue weighted by Crippen LogP contribution is 2.27. The molecule has 1 heterocycles. The molecule has 2 atom stereocenters. The van der Waals surface area contributed by atoms with Gasteiger partial charge in [-0.15, -0.1) is 0 Å². The summed E-state index contributed by atoms with van der Waals surface area (Å²) in [5, 5.41) is 3.00. The molecule has 1 saturated heterocycles. The van der Waals surface area contributed by atoms with E-state index in [4.69, 9.17) is 0 Å². The van der Waals surface area contributed by atoms with Gasteiger partial charge < -0.3 is 5.32 Å². The molecule has 0 aromatic carbocycles. The SMILES string of the molecule is O=C1N[C@H]2CCCCCCCC12. The van der Waals surface area contributed by atoms with Crippen molar-refractivity contribution in [2.75, 3.05) is 0 Å². The van der Waals surface area contributed by atoms with Crippen LogP contribution in [0.2, 0.25) is 0 Å². The van der Waals surface area contributed by atoms with Crippen molar-refractivity contribution in [1.82, 2.24) is 5.32 Å². The Bertz CT molecular complexity index is 179. The Morgan fingerprint density at radius 2 is 1.67 bits per heavy atom. The van der Waals surface area contributed by atoms with Crippen LogP contribution in [0.4, 0.5) is 0 Å². The van der Waals surface area contributed by atoms with E-state index in [9.17, 15) is 4.79 Å². The molecule has 0 aromatic heterocycles. The first-order chi connectivity index (χ1) is 5.88. The summed E-state index contributed by atoms with van der Waals surface area (Å²) in [7, 11) is 0. The van der Waals surface area contributed by atoms with Gasteiger partial charge in [0.05, 0.1) is 5.92 Å². The van der Waals surface area contributed by atoms with Crippen molar-refractivity contribution in [2.24, 2.45) is 5.92 Å². The average Bonchev–Trinajstić information content (AvgIpc) is 2.14. The zero-order chi connectivity index (χ0) is 8.39.